The van der Waals surface area contributed by atoms with Crippen LogP contribution in [0.1, 0.15) is 19.8 Å². The third kappa shape index (κ3) is 6.74. The number of carbonyl (C=O) groups excluding carboxylic acids is 1. The molecule has 96 valence electrons. The lowest BCUT2D eigenvalue weighted by Gasteiger charge is -2.23. The number of carbonyl (C=O) groups is 1. The Morgan fingerprint density at radius 1 is 1.41 bits per heavy atom. The minimum atomic E-state index is 0.123. The number of nitrogens with one attached hydrogen (secondary N) is 1. The highest BCUT2D eigenvalue weighted by atomic mass is 16.2. The summed E-state index contributed by atoms with van der Waals surface area (Å²) in [5.41, 5.74) is 1.01. The van der Waals surface area contributed by atoms with E-state index in [4.69, 9.17) is 0 Å². The Balaban J connectivity index is 4.55. The number of likely N-dealkylation sites (N-methyl/N-ethyl adjacent to an activating group) is 1. The van der Waals surface area contributed by atoms with Gasteiger partial charge in [0.15, 0.2) is 0 Å². The first kappa shape index (κ1) is 15.7. The van der Waals surface area contributed by atoms with E-state index in [1.807, 2.05) is 11.0 Å². The van der Waals surface area contributed by atoms with Crippen LogP contribution in [0.3, 0.4) is 0 Å². The lowest BCUT2D eigenvalue weighted by Crippen LogP contribution is -2.38. The van der Waals surface area contributed by atoms with Gasteiger partial charge in [0.2, 0.25) is 5.91 Å². The normalized spacial score (nSPS) is 11.1. The molecule has 0 aromatic heterocycles. The molecule has 0 atom stereocenters. The van der Waals surface area contributed by atoms with Crippen LogP contribution >= 0.6 is 0 Å². The maximum atomic E-state index is 11.9. The highest BCUT2D eigenvalue weighted by Gasteiger charge is 2.12. The summed E-state index contributed by atoms with van der Waals surface area (Å²) in [5.74, 6) is 0.123. The zero-order valence-corrected chi connectivity index (χ0v) is 11.0. The Bertz CT molecular complexity index is 282. The molecule has 17 heavy (non-hydrogen) atoms. The van der Waals surface area contributed by atoms with Crippen LogP contribution in [0.15, 0.2) is 37.0 Å². The molecule has 1 amide bonds. The summed E-state index contributed by atoms with van der Waals surface area (Å²) in [4.78, 5) is 13.7. The summed E-state index contributed by atoms with van der Waals surface area (Å²) >= 11 is 0. The summed E-state index contributed by atoms with van der Waals surface area (Å²) < 4.78 is 0. The molecule has 0 unspecified atom stereocenters. The molecular formula is C14H24N2O. The van der Waals surface area contributed by atoms with Gasteiger partial charge in [-0.25, -0.2) is 0 Å². The van der Waals surface area contributed by atoms with E-state index in [0.717, 1.165) is 25.0 Å². The van der Waals surface area contributed by atoms with Crippen molar-refractivity contribution in [3.05, 3.63) is 37.0 Å². The van der Waals surface area contributed by atoms with Crippen molar-refractivity contribution in [1.82, 2.24) is 10.2 Å². The highest BCUT2D eigenvalue weighted by molar-refractivity contribution is 5.78. The van der Waals surface area contributed by atoms with Gasteiger partial charge in [-0.15, -0.1) is 0 Å². The maximum absolute atomic E-state index is 11.9. The number of rotatable bonds is 9. The van der Waals surface area contributed by atoms with Gasteiger partial charge in [-0.2, -0.15) is 0 Å². The van der Waals surface area contributed by atoms with E-state index in [0.29, 0.717) is 13.1 Å². The van der Waals surface area contributed by atoms with Crippen LogP contribution in [0.5, 0.6) is 0 Å². The summed E-state index contributed by atoms with van der Waals surface area (Å²) in [5, 5.41) is 2.89. The molecule has 0 aliphatic rings. The smallest absolute Gasteiger partial charge is 0.236 e. The van der Waals surface area contributed by atoms with Gasteiger partial charge in [0.05, 0.1) is 6.54 Å². The van der Waals surface area contributed by atoms with E-state index >= 15 is 0 Å². The van der Waals surface area contributed by atoms with E-state index in [1.165, 1.54) is 0 Å². The van der Waals surface area contributed by atoms with E-state index in [1.54, 1.807) is 19.2 Å². The van der Waals surface area contributed by atoms with E-state index in [-0.39, 0.29) is 5.91 Å². The SMILES string of the molecule is C=C/C=C(\C=C)CN(CCCC)C(=O)CNC. The molecule has 0 aliphatic heterocycles. The highest BCUT2D eigenvalue weighted by Crippen LogP contribution is 2.04. The van der Waals surface area contributed by atoms with Gasteiger partial charge in [0, 0.05) is 13.1 Å². The van der Waals surface area contributed by atoms with Crippen LogP contribution in [0.2, 0.25) is 0 Å². The molecule has 0 aliphatic carbocycles. The second-order valence-corrected chi connectivity index (χ2v) is 3.88. The van der Waals surface area contributed by atoms with Gasteiger partial charge < -0.3 is 10.2 Å². The van der Waals surface area contributed by atoms with Gasteiger partial charge in [0.25, 0.3) is 0 Å². The Morgan fingerprint density at radius 2 is 2.12 bits per heavy atom. The molecule has 0 fully saturated rings. The van der Waals surface area contributed by atoms with Gasteiger partial charge in [-0.3, -0.25) is 4.79 Å². The second-order valence-electron chi connectivity index (χ2n) is 3.88. The van der Waals surface area contributed by atoms with Crippen molar-refractivity contribution in [2.45, 2.75) is 19.8 Å². The van der Waals surface area contributed by atoms with Gasteiger partial charge in [-0.05, 0) is 19.0 Å². The zero-order chi connectivity index (χ0) is 13.1. The molecule has 0 rings (SSSR count). The van der Waals surface area contributed by atoms with Crippen molar-refractivity contribution in [2.75, 3.05) is 26.7 Å². The van der Waals surface area contributed by atoms with Crippen molar-refractivity contribution in [1.29, 1.82) is 0 Å². The first-order valence-corrected chi connectivity index (χ1v) is 6.06. The standard InChI is InChI=1S/C14H24N2O/c1-5-8-10-16(14(17)11-15-4)12-13(7-3)9-6-2/h6-7,9,15H,2-3,5,8,10-12H2,1,4H3/b13-9+. The van der Waals surface area contributed by atoms with Crippen LogP contribution in [0.25, 0.3) is 0 Å². The topological polar surface area (TPSA) is 32.3 Å². The van der Waals surface area contributed by atoms with Crippen LogP contribution in [0.4, 0.5) is 0 Å². The van der Waals surface area contributed by atoms with Crippen molar-refractivity contribution < 1.29 is 4.79 Å². The third-order valence-corrected chi connectivity index (χ3v) is 2.43. The van der Waals surface area contributed by atoms with Crippen molar-refractivity contribution in [2.24, 2.45) is 0 Å². The van der Waals surface area contributed by atoms with E-state index in [9.17, 15) is 4.79 Å². The number of hydrogen-bond acceptors (Lipinski definition) is 2. The quantitative estimate of drug-likeness (QED) is 0.622. The van der Waals surface area contributed by atoms with Crippen molar-refractivity contribution >= 4 is 5.91 Å². The fraction of sp³-hybridized carbons (Fsp3) is 0.500. The third-order valence-electron chi connectivity index (χ3n) is 2.43. The molecule has 1 N–H and O–H groups in total. The number of hydrogen-bond donors (Lipinski definition) is 1. The Labute approximate surface area is 105 Å². The molecule has 3 heteroatoms. The molecule has 0 saturated heterocycles. The van der Waals surface area contributed by atoms with E-state index in [2.05, 4.69) is 25.4 Å². The predicted octanol–water partition coefficient (Wildman–Crippen LogP) is 2.13. The monoisotopic (exact) mass is 236 g/mol. The number of amides is 1. The molecular weight excluding hydrogens is 212 g/mol. The lowest BCUT2D eigenvalue weighted by molar-refractivity contribution is -0.129. The molecule has 3 nitrogen and oxygen atoms in total. The number of allylic oxidation sites excluding steroid dienone is 2. The zero-order valence-electron chi connectivity index (χ0n) is 11.0. The average Bonchev–Trinajstić information content (AvgIpc) is 2.33. The largest absolute Gasteiger partial charge is 0.337 e. The van der Waals surface area contributed by atoms with Gasteiger partial charge >= 0.3 is 0 Å². The Morgan fingerprint density at radius 3 is 2.59 bits per heavy atom. The maximum Gasteiger partial charge on any atom is 0.236 e. The van der Waals surface area contributed by atoms with Gasteiger partial charge in [-0.1, -0.05) is 44.7 Å². The molecule has 0 heterocycles. The average molecular weight is 236 g/mol. The summed E-state index contributed by atoms with van der Waals surface area (Å²) in [7, 11) is 1.78. The molecule has 0 spiro atoms. The van der Waals surface area contributed by atoms with Gasteiger partial charge in [0.1, 0.15) is 0 Å². The first-order valence-electron chi connectivity index (χ1n) is 6.06. The first-order chi connectivity index (χ1) is 8.19. The van der Waals surface area contributed by atoms with Crippen molar-refractivity contribution in [3.8, 4) is 0 Å². The predicted molar refractivity (Wildman–Crippen MR) is 73.9 cm³/mol. The summed E-state index contributed by atoms with van der Waals surface area (Å²) in [6.07, 6.45) is 7.48. The molecule has 0 aromatic carbocycles. The fourth-order valence-electron chi connectivity index (χ4n) is 1.46. The Hall–Kier alpha value is -1.35. The molecule has 0 radical (unpaired) electrons. The summed E-state index contributed by atoms with van der Waals surface area (Å²) in [6, 6.07) is 0. The number of unbranched alkanes of at least 4 members (excludes halogenated alkanes) is 1. The molecule has 0 saturated carbocycles. The second kappa shape index (κ2) is 9.85. The lowest BCUT2D eigenvalue weighted by atomic mass is 10.2. The summed E-state index contributed by atoms with van der Waals surface area (Å²) in [6.45, 7) is 11.3. The minimum Gasteiger partial charge on any atom is -0.337 e. The molecule has 0 bridgehead atoms. The minimum absolute atomic E-state index is 0.123. The van der Waals surface area contributed by atoms with Crippen LogP contribution in [-0.4, -0.2) is 37.5 Å². The number of nitrogens with zero attached hydrogens (tertiary/aromatic N) is 1. The van der Waals surface area contributed by atoms with E-state index < -0.39 is 0 Å². The van der Waals surface area contributed by atoms with Crippen molar-refractivity contribution in [3.63, 3.8) is 0 Å². The fourth-order valence-corrected chi connectivity index (χ4v) is 1.46. The molecule has 0 aromatic rings. The van der Waals surface area contributed by atoms with Crippen LogP contribution in [0, 0.1) is 0 Å². The Kier molecular flexibility index (Phi) is 9.06. The van der Waals surface area contributed by atoms with Crippen LogP contribution < -0.4 is 5.32 Å². The van der Waals surface area contributed by atoms with Crippen LogP contribution in [-0.2, 0) is 4.79 Å².